The second-order valence-corrected chi connectivity index (χ2v) is 10.0. The summed E-state index contributed by atoms with van der Waals surface area (Å²) in [5, 5.41) is 10.1. The van der Waals surface area contributed by atoms with Crippen LogP contribution in [0.3, 0.4) is 0 Å². The molecule has 0 aliphatic heterocycles. The molecule has 3 aromatic heterocycles. The quantitative estimate of drug-likeness (QED) is 0.256. The van der Waals surface area contributed by atoms with Crippen molar-refractivity contribution >= 4 is 46.3 Å². The van der Waals surface area contributed by atoms with Crippen LogP contribution in [0.1, 0.15) is 0 Å². The minimum absolute atomic E-state index is 0.0989. The van der Waals surface area contributed by atoms with Gasteiger partial charge in [-0.1, -0.05) is 0 Å². The van der Waals surface area contributed by atoms with E-state index in [0.717, 1.165) is 43.4 Å². The average molecular weight is 511 g/mol. The molecule has 158 valence electrons. The van der Waals surface area contributed by atoms with E-state index in [1.54, 1.807) is 4.57 Å². The molecular formula is C26H16N4OSSe. The number of rotatable bonds is 3. The van der Waals surface area contributed by atoms with Gasteiger partial charge in [0.05, 0.1) is 0 Å². The van der Waals surface area contributed by atoms with E-state index in [-0.39, 0.29) is 20.1 Å². The molecule has 6 rings (SSSR count). The van der Waals surface area contributed by atoms with Crippen molar-refractivity contribution in [1.82, 2.24) is 19.7 Å². The second kappa shape index (κ2) is 8.05. The first kappa shape index (κ1) is 20.0. The fourth-order valence-corrected chi connectivity index (χ4v) is 6.53. The SMILES string of the molecule is O=c1c2[se]c3nnc(-c4ccccc4)c(-c4ccccc4)c3c2[nH]c(=S)n1-c1ccccc1. The normalized spacial score (nSPS) is 11.3. The van der Waals surface area contributed by atoms with Crippen LogP contribution in [0.5, 0.6) is 0 Å². The number of nitrogens with one attached hydrogen (secondary N) is 1. The minimum atomic E-state index is -0.288. The monoisotopic (exact) mass is 512 g/mol. The van der Waals surface area contributed by atoms with Crippen molar-refractivity contribution in [3.8, 4) is 28.1 Å². The first-order valence-electron chi connectivity index (χ1n) is 10.4. The fourth-order valence-electron chi connectivity index (χ4n) is 4.11. The molecule has 0 saturated heterocycles. The molecule has 6 aromatic rings. The summed E-state index contributed by atoms with van der Waals surface area (Å²) >= 11 is 5.37. The summed E-state index contributed by atoms with van der Waals surface area (Å²) in [4.78, 5) is 17.0. The van der Waals surface area contributed by atoms with Crippen LogP contribution < -0.4 is 5.56 Å². The van der Waals surface area contributed by atoms with Gasteiger partial charge in [0.25, 0.3) is 0 Å². The van der Waals surface area contributed by atoms with Crippen molar-refractivity contribution in [2.75, 3.05) is 0 Å². The maximum absolute atomic E-state index is 13.6. The number of hydrogen-bond acceptors (Lipinski definition) is 4. The summed E-state index contributed by atoms with van der Waals surface area (Å²) in [7, 11) is 0. The molecule has 0 bridgehead atoms. The Morgan fingerprint density at radius 1 is 0.788 bits per heavy atom. The average Bonchev–Trinajstić information content (AvgIpc) is 3.24. The number of fused-ring (bicyclic) bond motifs is 3. The number of benzene rings is 3. The molecule has 5 nitrogen and oxygen atoms in total. The Morgan fingerprint density at radius 3 is 2.06 bits per heavy atom. The molecule has 0 atom stereocenters. The van der Waals surface area contributed by atoms with Gasteiger partial charge in [0.2, 0.25) is 0 Å². The molecular weight excluding hydrogens is 495 g/mol. The summed E-state index contributed by atoms with van der Waals surface area (Å²) in [6.07, 6.45) is 0. The van der Waals surface area contributed by atoms with Crippen molar-refractivity contribution in [2.45, 2.75) is 0 Å². The van der Waals surface area contributed by atoms with Crippen molar-refractivity contribution < 1.29 is 0 Å². The number of H-pyrrole nitrogens is 1. The van der Waals surface area contributed by atoms with Crippen LogP contribution in [0, 0.1) is 4.77 Å². The molecule has 33 heavy (non-hydrogen) atoms. The van der Waals surface area contributed by atoms with E-state index in [9.17, 15) is 4.79 Å². The van der Waals surface area contributed by atoms with Gasteiger partial charge in [0.15, 0.2) is 0 Å². The van der Waals surface area contributed by atoms with Crippen molar-refractivity contribution in [3.05, 3.63) is 106 Å². The Bertz CT molecular complexity index is 1740. The Kier molecular flexibility index (Phi) is 4.88. The molecule has 7 heteroatoms. The molecule has 3 aromatic carbocycles. The molecule has 0 amide bonds. The third kappa shape index (κ3) is 3.29. The van der Waals surface area contributed by atoms with Crippen LogP contribution in [0.4, 0.5) is 0 Å². The molecule has 0 fully saturated rings. The van der Waals surface area contributed by atoms with Gasteiger partial charge in [-0.2, -0.15) is 0 Å². The summed E-state index contributed by atoms with van der Waals surface area (Å²) in [5.74, 6) is 0. The van der Waals surface area contributed by atoms with E-state index in [1.807, 2.05) is 78.9 Å². The van der Waals surface area contributed by atoms with Crippen LogP contribution in [0.15, 0.2) is 95.8 Å². The number of nitrogens with zero attached hydrogens (tertiary/aromatic N) is 3. The Morgan fingerprint density at radius 2 is 1.39 bits per heavy atom. The van der Waals surface area contributed by atoms with E-state index in [4.69, 9.17) is 12.2 Å². The molecule has 0 aliphatic carbocycles. The zero-order valence-electron chi connectivity index (χ0n) is 17.2. The summed E-state index contributed by atoms with van der Waals surface area (Å²) in [6.45, 7) is 0. The van der Waals surface area contributed by atoms with Crippen LogP contribution in [-0.4, -0.2) is 34.3 Å². The van der Waals surface area contributed by atoms with Crippen molar-refractivity contribution in [2.24, 2.45) is 0 Å². The van der Waals surface area contributed by atoms with Gasteiger partial charge in [0.1, 0.15) is 0 Å². The molecule has 0 unspecified atom stereocenters. The molecule has 1 N–H and O–H groups in total. The fraction of sp³-hybridized carbons (Fsp3) is 0. The van der Waals surface area contributed by atoms with E-state index < -0.39 is 0 Å². The molecule has 0 radical (unpaired) electrons. The molecule has 0 aliphatic rings. The standard InChI is InChI=1S/C26H16N4OSSe/c31-25-23-22(27-26(32)30(25)18-14-8-3-9-15-18)20-19(16-10-4-1-5-11-16)21(28-29-24(20)33-23)17-12-6-2-7-13-17/h1-15H,(H,27,32). The van der Waals surface area contributed by atoms with E-state index >= 15 is 0 Å². The topological polar surface area (TPSA) is 63.6 Å². The number of para-hydroxylation sites is 1. The Balaban J connectivity index is 1.76. The van der Waals surface area contributed by atoms with Gasteiger partial charge in [0, 0.05) is 0 Å². The Hall–Kier alpha value is -3.64. The molecule has 0 saturated carbocycles. The number of aromatic nitrogens is 4. The van der Waals surface area contributed by atoms with Gasteiger partial charge in [-0.15, -0.1) is 0 Å². The number of aromatic amines is 1. The summed E-state index contributed by atoms with van der Waals surface area (Å²) in [5.41, 5.74) is 5.17. The first-order chi connectivity index (χ1) is 16.2. The van der Waals surface area contributed by atoms with Crippen LogP contribution in [0.25, 0.3) is 47.6 Å². The van der Waals surface area contributed by atoms with Crippen molar-refractivity contribution in [1.29, 1.82) is 0 Å². The second-order valence-electron chi connectivity index (χ2n) is 7.55. The number of hydrogen-bond donors (Lipinski definition) is 1. The van der Waals surface area contributed by atoms with Gasteiger partial charge in [-0.3, -0.25) is 0 Å². The van der Waals surface area contributed by atoms with Gasteiger partial charge >= 0.3 is 200 Å². The zero-order valence-corrected chi connectivity index (χ0v) is 19.8. The third-order valence-electron chi connectivity index (χ3n) is 5.57. The Labute approximate surface area is 199 Å². The third-order valence-corrected chi connectivity index (χ3v) is 8.09. The predicted molar refractivity (Wildman–Crippen MR) is 136 cm³/mol. The molecule has 3 heterocycles. The summed E-state index contributed by atoms with van der Waals surface area (Å²) in [6, 6.07) is 29.6. The van der Waals surface area contributed by atoms with Crippen molar-refractivity contribution in [3.63, 3.8) is 0 Å². The van der Waals surface area contributed by atoms with Crippen LogP contribution in [0.2, 0.25) is 0 Å². The van der Waals surface area contributed by atoms with E-state index in [0.29, 0.717) is 9.03 Å². The van der Waals surface area contributed by atoms with Crippen LogP contribution in [-0.2, 0) is 0 Å². The first-order valence-corrected chi connectivity index (χ1v) is 12.5. The van der Waals surface area contributed by atoms with E-state index in [1.165, 1.54) is 0 Å². The van der Waals surface area contributed by atoms with Gasteiger partial charge in [-0.25, -0.2) is 0 Å². The molecule has 0 spiro atoms. The van der Waals surface area contributed by atoms with E-state index in [2.05, 4.69) is 27.3 Å². The summed E-state index contributed by atoms with van der Waals surface area (Å²) < 4.78 is 3.48. The van der Waals surface area contributed by atoms with Gasteiger partial charge in [-0.05, 0) is 0 Å². The zero-order chi connectivity index (χ0) is 22.4. The van der Waals surface area contributed by atoms with Crippen LogP contribution >= 0.6 is 12.2 Å². The maximum atomic E-state index is 13.6. The van der Waals surface area contributed by atoms with Gasteiger partial charge < -0.3 is 0 Å². The predicted octanol–water partition coefficient (Wildman–Crippen LogP) is 5.38.